The first-order valence-corrected chi connectivity index (χ1v) is 0.612. The van der Waals surface area contributed by atoms with E-state index in [9.17, 15) is 0 Å². The van der Waals surface area contributed by atoms with Gasteiger partial charge in [-0.15, -0.1) is 0 Å². The topological polar surface area (TPSA) is 63.2 Å². The summed E-state index contributed by atoms with van der Waals surface area (Å²) in [7, 11) is 0. The van der Waals surface area contributed by atoms with Gasteiger partial charge in [-0.2, -0.15) is 0 Å². The zero-order valence-corrected chi connectivity index (χ0v) is 3.18. The Balaban J connectivity index is 0. The van der Waals surface area contributed by atoms with Crippen molar-refractivity contribution in [3.63, 3.8) is 0 Å². The Morgan fingerprint density at radius 1 is 1.40 bits per heavy atom. The Bertz CT molecular complexity index is 29.9. The molecule has 0 saturated carbocycles. The van der Waals surface area contributed by atoms with Gasteiger partial charge in [0.1, 0.15) is 0 Å². The zero-order chi connectivity index (χ0) is 3.58. The Kier molecular flexibility index (Phi) is 6.70. The third kappa shape index (κ3) is 274. The van der Waals surface area contributed by atoms with Crippen LogP contribution in [0.25, 0.3) is 0 Å². The molecule has 0 fully saturated rings. The third-order valence-corrected chi connectivity index (χ3v) is 0. The van der Waals surface area contributed by atoms with Gasteiger partial charge in [0, 0.05) is 0 Å². The van der Waals surface area contributed by atoms with E-state index in [0.717, 1.165) is 0 Å². The van der Waals surface area contributed by atoms with Crippen LogP contribution in [0.1, 0.15) is 0 Å². The number of hydrogen-bond donors (Lipinski definition) is 0. The maximum absolute atomic E-state index is 8.33. The van der Waals surface area contributed by atoms with Crippen molar-refractivity contribution in [2.75, 3.05) is 0 Å². The van der Waals surface area contributed by atoms with E-state index in [2.05, 4.69) is 0 Å². The number of hydrogen-bond acceptors (Lipinski definition) is 3. The van der Waals surface area contributed by atoms with E-state index in [1.54, 1.807) is 0 Å². The summed E-state index contributed by atoms with van der Waals surface area (Å²) < 4.78 is 0. The molecule has 3 nitrogen and oxygen atoms in total. The summed E-state index contributed by atoms with van der Waals surface area (Å²) in [5, 5.41) is 16.7. The zero-order valence-electron chi connectivity index (χ0n) is 2.08. The van der Waals surface area contributed by atoms with Crippen molar-refractivity contribution in [3.05, 3.63) is 0 Å². The van der Waals surface area contributed by atoms with Crippen molar-refractivity contribution in [2.45, 2.75) is 0 Å². The van der Waals surface area contributed by atoms with Crippen LogP contribution in [0.4, 0.5) is 4.79 Å². The average Bonchev–Trinajstić information content (AvgIpc) is 0.811. The van der Waals surface area contributed by atoms with Crippen LogP contribution < -0.4 is 10.2 Å². The van der Waals surface area contributed by atoms with E-state index in [0.29, 0.717) is 0 Å². The van der Waals surface area contributed by atoms with Crippen LogP contribution >= 0.6 is 0 Å². The molecule has 0 atom stereocenters. The Morgan fingerprint density at radius 2 is 1.40 bits per heavy atom. The van der Waals surface area contributed by atoms with E-state index in [4.69, 9.17) is 15.0 Å². The van der Waals surface area contributed by atoms with Gasteiger partial charge in [0.15, 0.2) is 0 Å². The Hall–Kier alpha value is -0.211. The Morgan fingerprint density at radius 3 is 1.40 bits per heavy atom. The molecule has 0 aliphatic rings. The van der Waals surface area contributed by atoms with Crippen molar-refractivity contribution in [1.82, 2.24) is 0 Å². The monoisotopic (exact) mass is 116 g/mol. The molecular weight excluding hydrogens is 116 g/mol. The molecule has 4 heteroatoms. The minimum atomic E-state index is -2.33. The summed E-state index contributed by atoms with van der Waals surface area (Å²) in [6, 6.07) is 0. The van der Waals surface area contributed by atoms with Crippen molar-refractivity contribution >= 4 is 6.16 Å². The quantitative estimate of drug-likeness (QED) is 0.330. The van der Waals surface area contributed by atoms with Crippen LogP contribution in [0.2, 0.25) is 0 Å². The molecule has 5 heavy (non-hydrogen) atoms. The molecule has 0 amide bonds. The van der Waals surface area contributed by atoms with Crippen molar-refractivity contribution in [1.29, 1.82) is 0 Å². The van der Waals surface area contributed by atoms with Crippen LogP contribution in [0.5, 0.6) is 0 Å². The molecule has 0 aliphatic heterocycles. The summed E-state index contributed by atoms with van der Waals surface area (Å²) in [4.78, 5) is 8.33. The SMILES string of the molecule is O=C([O-])[O-].[Fe+2]. The van der Waals surface area contributed by atoms with Gasteiger partial charge < -0.3 is 15.0 Å². The largest absolute Gasteiger partial charge is 2.00 e. The maximum atomic E-state index is 8.33. The predicted octanol–water partition coefficient (Wildman–Crippen LogP) is -2.45. The number of carbonyl (C=O) groups excluding carboxylic acids is 1. The molecule has 0 spiro atoms. The standard InChI is InChI=1S/CH2O3.Fe/c2-1(3)4;/h(H2,2,3,4);/q;+2/p-2. The smallest absolute Gasteiger partial charge is 0.652 e. The predicted molar refractivity (Wildman–Crippen MR) is 5.40 cm³/mol. The Labute approximate surface area is 39.1 Å². The van der Waals surface area contributed by atoms with E-state index in [1.807, 2.05) is 0 Å². The minimum absolute atomic E-state index is 0. The molecule has 0 aromatic rings. The summed E-state index contributed by atoms with van der Waals surface area (Å²) in [5.74, 6) is 0. The summed E-state index contributed by atoms with van der Waals surface area (Å²) in [5.41, 5.74) is 0. The normalized spacial score (nSPS) is 4.80. The number of rotatable bonds is 0. The second-order valence-electron chi connectivity index (χ2n) is 0.250. The van der Waals surface area contributed by atoms with Crippen LogP contribution in [0.15, 0.2) is 0 Å². The maximum Gasteiger partial charge on any atom is 2.00 e. The first-order chi connectivity index (χ1) is 1.73. The van der Waals surface area contributed by atoms with Crippen molar-refractivity contribution in [2.24, 2.45) is 0 Å². The molecule has 0 radical (unpaired) electrons. The van der Waals surface area contributed by atoms with Gasteiger partial charge in [0.25, 0.3) is 0 Å². The first kappa shape index (κ1) is 8.84. The van der Waals surface area contributed by atoms with Crippen LogP contribution in [-0.4, -0.2) is 6.16 Å². The van der Waals surface area contributed by atoms with Gasteiger partial charge in [-0.05, 0) is 6.16 Å². The minimum Gasteiger partial charge on any atom is -0.652 e. The molecule has 0 N–H and O–H groups in total. The molecule has 0 aromatic carbocycles. The summed E-state index contributed by atoms with van der Waals surface area (Å²) in [6.45, 7) is 0. The van der Waals surface area contributed by atoms with Gasteiger partial charge in [-0.3, -0.25) is 0 Å². The second-order valence-corrected chi connectivity index (χ2v) is 0.250. The van der Waals surface area contributed by atoms with Crippen LogP contribution in [0.3, 0.4) is 0 Å². The van der Waals surface area contributed by atoms with Crippen LogP contribution in [-0.2, 0) is 17.1 Å². The van der Waals surface area contributed by atoms with Gasteiger partial charge in [-0.25, -0.2) is 0 Å². The van der Waals surface area contributed by atoms with E-state index >= 15 is 0 Å². The third-order valence-electron chi connectivity index (χ3n) is 0. The van der Waals surface area contributed by atoms with E-state index in [-0.39, 0.29) is 17.1 Å². The molecule has 0 bridgehead atoms. The van der Waals surface area contributed by atoms with Gasteiger partial charge >= 0.3 is 17.1 Å². The van der Waals surface area contributed by atoms with Gasteiger partial charge in [0.2, 0.25) is 0 Å². The van der Waals surface area contributed by atoms with E-state index in [1.165, 1.54) is 0 Å². The fraction of sp³-hybridized carbons (Fsp3) is 0. The fourth-order valence-electron chi connectivity index (χ4n) is 0. The molecule has 0 rings (SSSR count). The molecular formula is CFeO3. The van der Waals surface area contributed by atoms with Crippen molar-refractivity contribution in [3.8, 4) is 0 Å². The van der Waals surface area contributed by atoms with E-state index < -0.39 is 6.16 Å². The molecule has 0 unspecified atom stereocenters. The molecule has 0 aromatic heterocycles. The van der Waals surface area contributed by atoms with Gasteiger partial charge in [-0.1, -0.05) is 0 Å². The fourth-order valence-corrected chi connectivity index (χ4v) is 0. The molecule has 0 heterocycles. The molecule has 0 saturated heterocycles. The second kappa shape index (κ2) is 3.79. The van der Waals surface area contributed by atoms with Crippen LogP contribution in [0, 0.1) is 0 Å². The van der Waals surface area contributed by atoms with Gasteiger partial charge in [0.05, 0.1) is 0 Å². The molecule has 0 aliphatic carbocycles. The summed E-state index contributed by atoms with van der Waals surface area (Å²) >= 11 is 0. The summed E-state index contributed by atoms with van der Waals surface area (Å²) in [6.07, 6.45) is -2.33. The number of carboxylic acid groups (broad SMARTS) is 2. The first-order valence-electron chi connectivity index (χ1n) is 0.612. The van der Waals surface area contributed by atoms with Crippen molar-refractivity contribution < 1.29 is 32.1 Å². The average molecular weight is 116 g/mol. The number of carbonyl (C=O) groups is 1. The molecule has 30 valence electrons.